The number of aliphatic carboxylic acids is 1. The zero-order valence-corrected chi connectivity index (χ0v) is 16.9. The van der Waals surface area contributed by atoms with Gasteiger partial charge in [0.1, 0.15) is 5.75 Å². The zero-order chi connectivity index (χ0) is 19.9. The number of rotatable bonds is 10. The molecule has 0 fully saturated rings. The Morgan fingerprint density at radius 3 is 1.96 bits per heavy atom. The highest BCUT2D eigenvalue weighted by molar-refractivity contribution is 5.64. The molecular formula is C23H33NO3. The number of benzene rings is 2. The molecule has 0 aliphatic carbocycles. The SMILES string of the molecule is CC(=O)O.CN(C)CCCCCCCOc1ccc(-c2ccccc2)cc1. The Labute approximate surface area is 163 Å². The average molecular weight is 372 g/mol. The first-order valence-corrected chi connectivity index (χ1v) is 9.61. The van der Waals surface area contributed by atoms with Crippen molar-refractivity contribution in [3.8, 4) is 16.9 Å². The monoisotopic (exact) mass is 371 g/mol. The Balaban J connectivity index is 0.000000828. The fraction of sp³-hybridized carbons (Fsp3) is 0.435. The average Bonchev–Trinajstić information content (AvgIpc) is 2.64. The Kier molecular flexibility index (Phi) is 11.6. The molecule has 4 heteroatoms. The molecule has 0 heterocycles. The van der Waals surface area contributed by atoms with Gasteiger partial charge in [-0.05, 0) is 56.7 Å². The summed E-state index contributed by atoms with van der Waals surface area (Å²) in [7, 11) is 4.27. The van der Waals surface area contributed by atoms with Crippen molar-refractivity contribution in [3.05, 3.63) is 54.6 Å². The van der Waals surface area contributed by atoms with Gasteiger partial charge in [0.2, 0.25) is 0 Å². The van der Waals surface area contributed by atoms with Gasteiger partial charge in [0.25, 0.3) is 5.97 Å². The summed E-state index contributed by atoms with van der Waals surface area (Å²) in [6, 6.07) is 18.8. The second-order valence-electron chi connectivity index (χ2n) is 6.83. The van der Waals surface area contributed by atoms with E-state index in [-0.39, 0.29) is 0 Å². The molecule has 27 heavy (non-hydrogen) atoms. The van der Waals surface area contributed by atoms with E-state index < -0.39 is 5.97 Å². The van der Waals surface area contributed by atoms with Crippen molar-refractivity contribution in [3.63, 3.8) is 0 Å². The van der Waals surface area contributed by atoms with Gasteiger partial charge in [0.15, 0.2) is 0 Å². The highest BCUT2D eigenvalue weighted by Crippen LogP contribution is 2.22. The van der Waals surface area contributed by atoms with E-state index in [0.29, 0.717) is 0 Å². The third kappa shape index (κ3) is 11.8. The molecule has 2 aromatic rings. The van der Waals surface area contributed by atoms with E-state index in [1.807, 2.05) is 6.07 Å². The lowest BCUT2D eigenvalue weighted by Crippen LogP contribution is -2.12. The molecule has 0 atom stereocenters. The topological polar surface area (TPSA) is 49.8 Å². The van der Waals surface area contributed by atoms with Crippen molar-refractivity contribution in [2.24, 2.45) is 0 Å². The largest absolute Gasteiger partial charge is 0.494 e. The van der Waals surface area contributed by atoms with E-state index in [2.05, 4.69) is 67.5 Å². The summed E-state index contributed by atoms with van der Waals surface area (Å²) >= 11 is 0. The number of unbranched alkanes of at least 4 members (excludes halogenated alkanes) is 4. The number of nitrogens with zero attached hydrogens (tertiary/aromatic N) is 1. The number of ether oxygens (including phenoxy) is 1. The Morgan fingerprint density at radius 2 is 1.37 bits per heavy atom. The number of hydrogen-bond donors (Lipinski definition) is 1. The lowest BCUT2D eigenvalue weighted by atomic mass is 10.1. The maximum Gasteiger partial charge on any atom is 0.300 e. The molecular weight excluding hydrogens is 338 g/mol. The lowest BCUT2D eigenvalue weighted by molar-refractivity contribution is -0.134. The van der Waals surface area contributed by atoms with E-state index in [0.717, 1.165) is 25.7 Å². The first kappa shape index (κ1) is 22.7. The van der Waals surface area contributed by atoms with Crippen LogP contribution in [0.1, 0.15) is 39.0 Å². The van der Waals surface area contributed by atoms with Crippen molar-refractivity contribution in [1.82, 2.24) is 4.90 Å². The van der Waals surface area contributed by atoms with Crippen LogP contribution in [-0.4, -0.2) is 43.2 Å². The van der Waals surface area contributed by atoms with Gasteiger partial charge in [-0.2, -0.15) is 0 Å². The van der Waals surface area contributed by atoms with Crippen molar-refractivity contribution in [2.45, 2.75) is 39.0 Å². The van der Waals surface area contributed by atoms with Crippen LogP contribution in [0.25, 0.3) is 11.1 Å². The normalized spacial score (nSPS) is 10.2. The Bertz CT molecular complexity index is 620. The molecule has 0 aromatic heterocycles. The van der Waals surface area contributed by atoms with E-state index in [1.54, 1.807) is 0 Å². The van der Waals surface area contributed by atoms with Crippen molar-refractivity contribution >= 4 is 5.97 Å². The molecule has 0 saturated heterocycles. The molecule has 2 aromatic carbocycles. The minimum absolute atomic E-state index is 0.818. The molecule has 4 nitrogen and oxygen atoms in total. The summed E-state index contributed by atoms with van der Waals surface area (Å²) in [6.45, 7) is 3.10. The molecule has 0 radical (unpaired) electrons. The van der Waals surface area contributed by atoms with Gasteiger partial charge >= 0.3 is 0 Å². The molecule has 148 valence electrons. The van der Waals surface area contributed by atoms with Crippen LogP contribution < -0.4 is 4.74 Å². The second kappa shape index (κ2) is 13.8. The van der Waals surface area contributed by atoms with Gasteiger partial charge in [-0.15, -0.1) is 0 Å². The zero-order valence-electron chi connectivity index (χ0n) is 16.9. The number of hydrogen-bond acceptors (Lipinski definition) is 3. The molecule has 0 saturated carbocycles. The summed E-state index contributed by atoms with van der Waals surface area (Å²) in [5, 5.41) is 7.42. The van der Waals surface area contributed by atoms with Gasteiger partial charge in [0.05, 0.1) is 6.61 Å². The Hall–Kier alpha value is -2.33. The maximum atomic E-state index is 9.00. The van der Waals surface area contributed by atoms with Crippen molar-refractivity contribution in [2.75, 3.05) is 27.2 Å². The van der Waals surface area contributed by atoms with Crippen LogP contribution in [0.3, 0.4) is 0 Å². The van der Waals surface area contributed by atoms with Crippen LogP contribution >= 0.6 is 0 Å². The minimum atomic E-state index is -0.833. The van der Waals surface area contributed by atoms with Crippen LogP contribution in [0.5, 0.6) is 5.75 Å². The smallest absolute Gasteiger partial charge is 0.300 e. The standard InChI is InChI=1S/C21H29NO.C2H4O2/c1-22(2)17-9-4-3-5-10-18-23-21-15-13-20(14-16-21)19-11-7-6-8-12-19;1-2(3)4/h6-8,11-16H,3-5,9-10,17-18H2,1-2H3;1H3,(H,3,4). The first-order chi connectivity index (χ1) is 13.0. The molecule has 0 aliphatic rings. The predicted molar refractivity (Wildman–Crippen MR) is 112 cm³/mol. The van der Waals surface area contributed by atoms with Crippen LogP contribution in [0.4, 0.5) is 0 Å². The molecule has 2 rings (SSSR count). The van der Waals surface area contributed by atoms with E-state index >= 15 is 0 Å². The van der Waals surface area contributed by atoms with Crippen molar-refractivity contribution < 1.29 is 14.6 Å². The van der Waals surface area contributed by atoms with Gasteiger partial charge in [-0.3, -0.25) is 4.79 Å². The highest BCUT2D eigenvalue weighted by atomic mass is 16.5. The van der Waals surface area contributed by atoms with Crippen molar-refractivity contribution in [1.29, 1.82) is 0 Å². The van der Waals surface area contributed by atoms with E-state index in [4.69, 9.17) is 14.6 Å². The quantitative estimate of drug-likeness (QED) is 0.573. The fourth-order valence-corrected chi connectivity index (χ4v) is 2.62. The summed E-state index contributed by atoms with van der Waals surface area (Å²) in [6.07, 6.45) is 6.33. The molecule has 0 bridgehead atoms. The fourth-order valence-electron chi connectivity index (χ4n) is 2.62. The Morgan fingerprint density at radius 1 is 0.852 bits per heavy atom. The van der Waals surface area contributed by atoms with Gasteiger partial charge in [0, 0.05) is 6.92 Å². The van der Waals surface area contributed by atoms with Gasteiger partial charge < -0.3 is 14.7 Å². The van der Waals surface area contributed by atoms with E-state index in [1.165, 1.54) is 43.4 Å². The minimum Gasteiger partial charge on any atom is -0.494 e. The maximum absolute atomic E-state index is 9.00. The first-order valence-electron chi connectivity index (χ1n) is 9.61. The molecule has 0 unspecified atom stereocenters. The molecule has 0 amide bonds. The van der Waals surface area contributed by atoms with Gasteiger partial charge in [-0.25, -0.2) is 0 Å². The number of carboxylic acids is 1. The molecule has 1 N–H and O–H groups in total. The molecule has 0 spiro atoms. The molecule has 0 aliphatic heterocycles. The lowest BCUT2D eigenvalue weighted by Gasteiger charge is -2.09. The van der Waals surface area contributed by atoms with Crippen LogP contribution in [0.15, 0.2) is 54.6 Å². The predicted octanol–water partition coefficient (Wildman–Crippen LogP) is 5.34. The summed E-state index contributed by atoms with van der Waals surface area (Å²) < 4.78 is 5.83. The highest BCUT2D eigenvalue weighted by Gasteiger charge is 1.98. The summed E-state index contributed by atoms with van der Waals surface area (Å²) in [5.74, 6) is 0.136. The van der Waals surface area contributed by atoms with Crippen LogP contribution in [0, 0.1) is 0 Å². The summed E-state index contributed by atoms with van der Waals surface area (Å²) in [5.41, 5.74) is 2.48. The second-order valence-corrected chi connectivity index (χ2v) is 6.83. The van der Waals surface area contributed by atoms with Gasteiger partial charge in [-0.1, -0.05) is 61.7 Å². The number of carbonyl (C=O) groups is 1. The summed E-state index contributed by atoms with van der Waals surface area (Å²) in [4.78, 5) is 11.3. The van der Waals surface area contributed by atoms with Crippen LogP contribution in [-0.2, 0) is 4.79 Å². The van der Waals surface area contributed by atoms with Crippen LogP contribution in [0.2, 0.25) is 0 Å². The van der Waals surface area contributed by atoms with E-state index in [9.17, 15) is 0 Å². The third-order valence-corrected chi connectivity index (χ3v) is 3.98. The third-order valence-electron chi connectivity index (χ3n) is 3.98. The number of carboxylic acid groups (broad SMARTS) is 1.